The molecule has 3 nitrogen and oxygen atoms in total. The molecule has 1 aliphatic rings. The number of nitrogens with zero attached hydrogens (tertiary/aromatic N) is 1. The van der Waals surface area contributed by atoms with Crippen LogP contribution in [0.2, 0.25) is 0 Å². The van der Waals surface area contributed by atoms with E-state index in [0.29, 0.717) is 30.0 Å². The van der Waals surface area contributed by atoms with Gasteiger partial charge in [0.05, 0.1) is 0 Å². The molecule has 0 aromatic heterocycles. The molecule has 2 atom stereocenters. The Morgan fingerprint density at radius 1 is 1.40 bits per heavy atom. The van der Waals surface area contributed by atoms with Crippen molar-refractivity contribution in [2.75, 3.05) is 19.3 Å². The van der Waals surface area contributed by atoms with Gasteiger partial charge in [-0.1, -0.05) is 0 Å². The zero-order valence-corrected chi connectivity index (χ0v) is 13.0. The number of benzene rings is 1. The molecule has 0 bridgehead atoms. The number of halogens is 1. The fourth-order valence-corrected chi connectivity index (χ4v) is 3.18. The van der Waals surface area contributed by atoms with E-state index in [1.807, 2.05) is 11.2 Å². The standard InChI is InChI=1S/C15H21FN2OS/c1-10-7-18(8-11(2)17-10)15(19)12-4-5-14(16)13(6-12)9-20-3/h4-6,10-11,17H,7-9H2,1-3H3. The third-order valence-corrected chi connectivity index (χ3v) is 4.04. The summed E-state index contributed by atoms with van der Waals surface area (Å²) in [6.45, 7) is 5.52. The highest BCUT2D eigenvalue weighted by Gasteiger charge is 2.25. The average molecular weight is 296 g/mol. The molecule has 0 spiro atoms. The van der Waals surface area contributed by atoms with Crippen molar-refractivity contribution in [1.29, 1.82) is 0 Å². The van der Waals surface area contributed by atoms with E-state index in [9.17, 15) is 9.18 Å². The van der Waals surface area contributed by atoms with Gasteiger partial charge in [0.25, 0.3) is 5.91 Å². The maximum Gasteiger partial charge on any atom is 0.253 e. The van der Waals surface area contributed by atoms with Crippen LogP contribution in [0.4, 0.5) is 4.39 Å². The van der Waals surface area contributed by atoms with E-state index in [4.69, 9.17) is 0 Å². The van der Waals surface area contributed by atoms with Gasteiger partial charge in [0, 0.05) is 36.5 Å². The highest BCUT2D eigenvalue weighted by molar-refractivity contribution is 7.97. The van der Waals surface area contributed by atoms with Crippen LogP contribution in [0.25, 0.3) is 0 Å². The van der Waals surface area contributed by atoms with Crippen LogP contribution >= 0.6 is 11.8 Å². The van der Waals surface area contributed by atoms with E-state index in [1.54, 1.807) is 23.9 Å². The minimum Gasteiger partial charge on any atom is -0.336 e. The van der Waals surface area contributed by atoms with Crippen LogP contribution in [-0.4, -0.2) is 42.2 Å². The number of carbonyl (C=O) groups is 1. The molecular formula is C15H21FN2OS. The number of rotatable bonds is 3. The molecule has 5 heteroatoms. The largest absolute Gasteiger partial charge is 0.336 e. The van der Waals surface area contributed by atoms with Crippen molar-refractivity contribution in [3.63, 3.8) is 0 Å². The second-order valence-electron chi connectivity index (χ2n) is 5.42. The second kappa shape index (κ2) is 6.59. The summed E-state index contributed by atoms with van der Waals surface area (Å²) in [5.41, 5.74) is 1.18. The van der Waals surface area contributed by atoms with E-state index in [2.05, 4.69) is 19.2 Å². The smallest absolute Gasteiger partial charge is 0.253 e. The van der Waals surface area contributed by atoms with Crippen molar-refractivity contribution >= 4 is 17.7 Å². The minimum absolute atomic E-state index is 0.00690. The maximum absolute atomic E-state index is 13.6. The predicted molar refractivity (Wildman–Crippen MR) is 81.6 cm³/mol. The van der Waals surface area contributed by atoms with Crippen LogP contribution in [0.5, 0.6) is 0 Å². The highest BCUT2D eigenvalue weighted by Crippen LogP contribution is 2.18. The third kappa shape index (κ3) is 3.52. The van der Waals surface area contributed by atoms with Crippen molar-refractivity contribution in [2.24, 2.45) is 0 Å². The van der Waals surface area contributed by atoms with Crippen LogP contribution in [0, 0.1) is 5.82 Å². The van der Waals surface area contributed by atoms with Crippen molar-refractivity contribution in [1.82, 2.24) is 10.2 Å². The molecule has 20 heavy (non-hydrogen) atoms. The molecule has 110 valence electrons. The summed E-state index contributed by atoms with van der Waals surface area (Å²) >= 11 is 1.55. The molecule has 2 rings (SSSR count). The number of nitrogens with one attached hydrogen (secondary N) is 1. The molecule has 1 N–H and O–H groups in total. The Hall–Kier alpha value is -1.07. The molecule has 0 saturated carbocycles. The summed E-state index contributed by atoms with van der Waals surface area (Å²) in [5.74, 6) is 0.340. The lowest BCUT2D eigenvalue weighted by Gasteiger charge is -2.36. The molecule has 1 fully saturated rings. The van der Waals surface area contributed by atoms with E-state index in [0.717, 1.165) is 0 Å². The monoisotopic (exact) mass is 296 g/mol. The van der Waals surface area contributed by atoms with Crippen LogP contribution < -0.4 is 5.32 Å². The number of thioether (sulfide) groups is 1. The van der Waals surface area contributed by atoms with E-state index < -0.39 is 0 Å². The molecule has 1 amide bonds. The van der Waals surface area contributed by atoms with Crippen LogP contribution in [0.15, 0.2) is 18.2 Å². The number of piperazine rings is 1. The Labute approximate surface area is 123 Å². The first kappa shape index (κ1) is 15.3. The lowest BCUT2D eigenvalue weighted by atomic mass is 10.1. The molecular weight excluding hydrogens is 275 g/mol. The fraction of sp³-hybridized carbons (Fsp3) is 0.533. The van der Waals surface area contributed by atoms with Gasteiger partial charge in [0.2, 0.25) is 0 Å². The Bertz CT molecular complexity index is 485. The molecule has 1 saturated heterocycles. The SMILES string of the molecule is CSCc1cc(C(=O)N2CC(C)NC(C)C2)ccc1F. The van der Waals surface area contributed by atoms with Crippen molar-refractivity contribution < 1.29 is 9.18 Å². The lowest BCUT2D eigenvalue weighted by molar-refractivity contribution is 0.0673. The first-order valence-electron chi connectivity index (χ1n) is 6.84. The van der Waals surface area contributed by atoms with Gasteiger partial charge >= 0.3 is 0 Å². The van der Waals surface area contributed by atoms with Crippen LogP contribution in [0.3, 0.4) is 0 Å². The normalized spacial score (nSPS) is 22.9. The summed E-state index contributed by atoms with van der Waals surface area (Å²) in [6, 6.07) is 5.24. The van der Waals surface area contributed by atoms with Gasteiger partial charge in [0.1, 0.15) is 5.82 Å². The number of carbonyl (C=O) groups excluding carboxylic acids is 1. The number of amides is 1. The summed E-state index contributed by atoms with van der Waals surface area (Å²) in [6.07, 6.45) is 1.92. The lowest BCUT2D eigenvalue weighted by Crippen LogP contribution is -2.55. The Morgan fingerprint density at radius 3 is 2.65 bits per heavy atom. The van der Waals surface area contributed by atoms with Crippen LogP contribution in [0.1, 0.15) is 29.8 Å². The quantitative estimate of drug-likeness (QED) is 0.930. The molecule has 1 aromatic rings. The van der Waals surface area contributed by atoms with Crippen LogP contribution in [-0.2, 0) is 5.75 Å². The summed E-state index contributed by atoms with van der Waals surface area (Å²) in [7, 11) is 0. The van der Waals surface area contributed by atoms with E-state index >= 15 is 0 Å². The van der Waals surface area contributed by atoms with Gasteiger partial charge in [0.15, 0.2) is 0 Å². The van der Waals surface area contributed by atoms with Gasteiger partial charge in [-0.15, -0.1) is 0 Å². The third-order valence-electron chi connectivity index (χ3n) is 3.44. The number of hydrogen-bond acceptors (Lipinski definition) is 3. The molecule has 2 unspecified atom stereocenters. The topological polar surface area (TPSA) is 32.3 Å². The molecule has 0 aliphatic carbocycles. The highest BCUT2D eigenvalue weighted by atomic mass is 32.2. The van der Waals surface area contributed by atoms with Crippen molar-refractivity contribution in [3.8, 4) is 0 Å². The summed E-state index contributed by atoms with van der Waals surface area (Å²) in [4.78, 5) is 14.4. The van der Waals surface area contributed by atoms with Crippen molar-refractivity contribution in [2.45, 2.75) is 31.7 Å². The molecule has 1 aromatic carbocycles. The zero-order chi connectivity index (χ0) is 14.7. The summed E-state index contributed by atoms with van der Waals surface area (Å²) < 4.78 is 13.6. The van der Waals surface area contributed by atoms with Crippen molar-refractivity contribution in [3.05, 3.63) is 35.1 Å². The first-order valence-corrected chi connectivity index (χ1v) is 8.23. The first-order chi connectivity index (χ1) is 9.51. The van der Waals surface area contributed by atoms with Gasteiger partial charge in [-0.3, -0.25) is 4.79 Å². The van der Waals surface area contributed by atoms with E-state index in [-0.39, 0.29) is 23.8 Å². The fourth-order valence-electron chi connectivity index (χ4n) is 2.65. The number of hydrogen-bond donors (Lipinski definition) is 1. The average Bonchev–Trinajstić information content (AvgIpc) is 2.39. The predicted octanol–water partition coefficient (Wildman–Crippen LogP) is 2.51. The molecule has 1 aliphatic heterocycles. The minimum atomic E-state index is -0.238. The van der Waals surface area contributed by atoms with Gasteiger partial charge in [-0.25, -0.2) is 4.39 Å². The Balaban J connectivity index is 2.18. The Kier molecular flexibility index (Phi) is 5.05. The second-order valence-corrected chi connectivity index (χ2v) is 6.28. The summed E-state index contributed by atoms with van der Waals surface area (Å²) in [5, 5.41) is 3.40. The molecule has 0 radical (unpaired) electrons. The zero-order valence-electron chi connectivity index (χ0n) is 12.1. The Morgan fingerprint density at radius 2 is 2.05 bits per heavy atom. The van der Waals surface area contributed by atoms with E-state index in [1.165, 1.54) is 6.07 Å². The molecule has 1 heterocycles. The van der Waals surface area contributed by atoms with Gasteiger partial charge in [-0.2, -0.15) is 11.8 Å². The van der Waals surface area contributed by atoms with Gasteiger partial charge in [-0.05, 0) is 43.9 Å². The van der Waals surface area contributed by atoms with Gasteiger partial charge < -0.3 is 10.2 Å². The maximum atomic E-state index is 13.6.